The first-order valence-corrected chi connectivity index (χ1v) is 7.00. The van der Waals surface area contributed by atoms with Gasteiger partial charge < -0.3 is 10.6 Å². The van der Waals surface area contributed by atoms with Crippen LogP contribution in [0.5, 0.6) is 0 Å². The van der Waals surface area contributed by atoms with Gasteiger partial charge in [-0.15, -0.1) is 0 Å². The van der Waals surface area contributed by atoms with Crippen LogP contribution in [0.1, 0.15) is 28.8 Å². The van der Waals surface area contributed by atoms with E-state index in [1.807, 2.05) is 0 Å². The van der Waals surface area contributed by atoms with E-state index >= 15 is 0 Å². The normalized spacial score (nSPS) is 20.1. The number of carbonyl (C=O) groups is 1. The fraction of sp³-hybridized carbons (Fsp3) is 0.462. The Morgan fingerprint density at radius 3 is 2.70 bits per heavy atom. The summed E-state index contributed by atoms with van der Waals surface area (Å²) in [5, 5.41) is 0. The molecule has 1 aromatic rings. The molecule has 1 amide bonds. The van der Waals surface area contributed by atoms with Gasteiger partial charge in [-0.2, -0.15) is 13.2 Å². The van der Waals surface area contributed by atoms with Crippen molar-refractivity contribution >= 4 is 21.8 Å². The Labute approximate surface area is 123 Å². The number of halogens is 4. The molecule has 1 atom stereocenters. The molecule has 2 rings (SSSR count). The van der Waals surface area contributed by atoms with Gasteiger partial charge in [-0.3, -0.25) is 4.79 Å². The van der Waals surface area contributed by atoms with E-state index in [9.17, 15) is 18.0 Å². The van der Waals surface area contributed by atoms with Gasteiger partial charge in [0.05, 0.1) is 11.1 Å². The van der Waals surface area contributed by atoms with Crippen molar-refractivity contribution in [2.45, 2.75) is 25.1 Å². The van der Waals surface area contributed by atoms with Crippen molar-refractivity contribution in [1.82, 2.24) is 4.90 Å². The average Bonchev–Trinajstić information content (AvgIpc) is 2.37. The van der Waals surface area contributed by atoms with Crippen molar-refractivity contribution in [1.29, 1.82) is 0 Å². The maximum atomic E-state index is 12.7. The zero-order chi connectivity index (χ0) is 14.9. The Hall–Kier alpha value is -1.08. The first-order chi connectivity index (χ1) is 9.29. The summed E-state index contributed by atoms with van der Waals surface area (Å²) in [5.41, 5.74) is 4.99. The summed E-state index contributed by atoms with van der Waals surface area (Å²) in [7, 11) is 0. The van der Waals surface area contributed by atoms with E-state index in [-0.39, 0.29) is 11.6 Å². The summed E-state index contributed by atoms with van der Waals surface area (Å²) in [4.78, 5) is 13.8. The van der Waals surface area contributed by atoms with Crippen LogP contribution in [-0.4, -0.2) is 29.9 Å². The molecule has 1 heterocycles. The molecule has 3 nitrogen and oxygen atoms in total. The summed E-state index contributed by atoms with van der Waals surface area (Å²) in [5.74, 6) is -0.418. The maximum Gasteiger partial charge on any atom is 0.416 e. The van der Waals surface area contributed by atoms with Gasteiger partial charge in [-0.05, 0) is 47.0 Å². The summed E-state index contributed by atoms with van der Waals surface area (Å²) < 4.78 is 38.5. The van der Waals surface area contributed by atoms with Crippen LogP contribution in [0.3, 0.4) is 0 Å². The van der Waals surface area contributed by atoms with Gasteiger partial charge in [0.25, 0.3) is 5.91 Å². The molecule has 0 radical (unpaired) electrons. The molecule has 0 unspecified atom stereocenters. The Balaban J connectivity index is 2.29. The molecule has 1 aliphatic heterocycles. The summed E-state index contributed by atoms with van der Waals surface area (Å²) in [6.45, 7) is 0.900. The number of alkyl halides is 3. The molecular weight excluding hydrogens is 337 g/mol. The third-order valence-electron chi connectivity index (χ3n) is 3.27. The Morgan fingerprint density at radius 2 is 2.10 bits per heavy atom. The maximum absolute atomic E-state index is 12.7. The largest absolute Gasteiger partial charge is 0.416 e. The molecule has 1 aromatic carbocycles. The van der Waals surface area contributed by atoms with Crippen LogP contribution in [0, 0.1) is 0 Å². The second-order valence-electron chi connectivity index (χ2n) is 4.85. The standard InChI is InChI=1S/C13H14BrF3N2O/c14-11-4-3-8(13(15,16)17)6-10(11)12(20)19-5-1-2-9(18)7-19/h3-4,6,9H,1-2,5,7,18H2/t9-/m1/s1. The van der Waals surface area contributed by atoms with Gasteiger partial charge in [-0.1, -0.05) is 0 Å². The van der Waals surface area contributed by atoms with Crippen LogP contribution in [-0.2, 0) is 6.18 Å². The monoisotopic (exact) mass is 350 g/mol. The van der Waals surface area contributed by atoms with Crippen molar-refractivity contribution in [3.63, 3.8) is 0 Å². The smallest absolute Gasteiger partial charge is 0.337 e. The quantitative estimate of drug-likeness (QED) is 0.846. The molecule has 0 bridgehead atoms. The molecule has 7 heteroatoms. The molecule has 110 valence electrons. The van der Waals surface area contributed by atoms with E-state index in [2.05, 4.69) is 15.9 Å². The average molecular weight is 351 g/mol. The molecule has 2 N–H and O–H groups in total. The Kier molecular flexibility index (Phi) is 4.39. The van der Waals surface area contributed by atoms with E-state index < -0.39 is 17.6 Å². The van der Waals surface area contributed by atoms with Gasteiger partial charge in [0.2, 0.25) is 0 Å². The number of hydrogen-bond donors (Lipinski definition) is 1. The number of hydrogen-bond acceptors (Lipinski definition) is 2. The van der Waals surface area contributed by atoms with E-state index in [1.54, 1.807) is 0 Å². The number of piperidine rings is 1. The molecule has 20 heavy (non-hydrogen) atoms. The van der Waals surface area contributed by atoms with Crippen molar-refractivity contribution in [3.05, 3.63) is 33.8 Å². The predicted octanol–water partition coefficient (Wildman–Crippen LogP) is 3.03. The van der Waals surface area contributed by atoms with Crippen LogP contribution >= 0.6 is 15.9 Å². The lowest BCUT2D eigenvalue weighted by Gasteiger charge is -2.31. The lowest BCUT2D eigenvalue weighted by molar-refractivity contribution is -0.137. The number of rotatable bonds is 1. The summed E-state index contributed by atoms with van der Waals surface area (Å²) in [6.07, 6.45) is -2.87. The van der Waals surface area contributed by atoms with Gasteiger partial charge >= 0.3 is 6.18 Å². The minimum absolute atomic E-state index is 0.0222. The van der Waals surface area contributed by atoms with Gasteiger partial charge in [0.1, 0.15) is 0 Å². The highest BCUT2D eigenvalue weighted by Gasteiger charge is 2.32. The van der Waals surface area contributed by atoms with E-state index in [0.717, 1.165) is 25.0 Å². The topological polar surface area (TPSA) is 46.3 Å². The molecular formula is C13H14BrF3N2O. The lowest BCUT2D eigenvalue weighted by Crippen LogP contribution is -2.45. The van der Waals surface area contributed by atoms with E-state index in [4.69, 9.17) is 5.73 Å². The third-order valence-corrected chi connectivity index (χ3v) is 3.96. The minimum atomic E-state index is -4.46. The number of nitrogens with zero attached hydrogens (tertiary/aromatic N) is 1. The molecule has 1 saturated heterocycles. The molecule has 1 fully saturated rings. The molecule has 0 aromatic heterocycles. The second-order valence-corrected chi connectivity index (χ2v) is 5.70. The van der Waals surface area contributed by atoms with E-state index in [0.29, 0.717) is 17.6 Å². The van der Waals surface area contributed by atoms with Crippen LogP contribution in [0.25, 0.3) is 0 Å². The second kappa shape index (κ2) is 5.73. The molecule has 0 spiro atoms. The Morgan fingerprint density at radius 1 is 1.40 bits per heavy atom. The van der Waals surface area contributed by atoms with Crippen molar-refractivity contribution in [3.8, 4) is 0 Å². The summed E-state index contributed by atoms with van der Waals surface area (Å²) >= 11 is 3.13. The SMILES string of the molecule is N[C@@H]1CCCN(C(=O)c2cc(C(F)(F)F)ccc2Br)C1. The molecule has 1 aliphatic rings. The van der Waals surface area contributed by atoms with Crippen LogP contribution < -0.4 is 5.73 Å². The highest BCUT2D eigenvalue weighted by Crippen LogP contribution is 2.32. The molecule has 0 aliphatic carbocycles. The van der Waals surface area contributed by atoms with Gasteiger partial charge in [0, 0.05) is 23.6 Å². The van der Waals surface area contributed by atoms with Gasteiger partial charge in [0.15, 0.2) is 0 Å². The number of likely N-dealkylation sites (tertiary alicyclic amines) is 1. The number of amides is 1. The zero-order valence-electron chi connectivity index (χ0n) is 10.6. The number of carbonyl (C=O) groups excluding carboxylic acids is 1. The predicted molar refractivity (Wildman–Crippen MR) is 72.3 cm³/mol. The van der Waals surface area contributed by atoms with Gasteiger partial charge in [-0.25, -0.2) is 0 Å². The first-order valence-electron chi connectivity index (χ1n) is 6.20. The Bertz CT molecular complexity index is 519. The van der Waals surface area contributed by atoms with Crippen molar-refractivity contribution in [2.24, 2.45) is 5.73 Å². The van der Waals surface area contributed by atoms with Crippen molar-refractivity contribution in [2.75, 3.05) is 13.1 Å². The zero-order valence-corrected chi connectivity index (χ0v) is 12.2. The van der Waals surface area contributed by atoms with E-state index in [1.165, 1.54) is 11.0 Å². The van der Waals surface area contributed by atoms with Crippen LogP contribution in [0.15, 0.2) is 22.7 Å². The fourth-order valence-electron chi connectivity index (χ4n) is 2.23. The van der Waals surface area contributed by atoms with Crippen molar-refractivity contribution < 1.29 is 18.0 Å². The summed E-state index contributed by atoms with van der Waals surface area (Å²) in [6, 6.07) is 2.97. The lowest BCUT2D eigenvalue weighted by atomic mass is 10.0. The number of benzene rings is 1. The molecule has 0 saturated carbocycles. The first kappa shape index (κ1) is 15.3. The van der Waals surface area contributed by atoms with Crippen LogP contribution in [0.4, 0.5) is 13.2 Å². The minimum Gasteiger partial charge on any atom is -0.337 e. The highest BCUT2D eigenvalue weighted by molar-refractivity contribution is 9.10. The fourth-order valence-corrected chi connectivity index (χ4v) is 2.65. The highest BCUT2D eigenvalue weighted by atomic mass is 79.9. The number of nitrogens with two attached hydrogens (primary N) is 1. The third kappa shape index (κ3) is 3.32. The van der Waals surface area contributed by atoms with Crippen LogP contribution in [0.2, 0.25) is 0 Å².